The number of hydrogen-bond donors (Lipinski definition) is 0. The average molecular weight is 318 g/mol. The van der Waals surface area contributed by atoms with E-state index >= 15 is 0 Å². The van der Waals surface area contributed by atoms with Gasteiger partial charge in [-0.25, -0.2) is 9.59 Å². The first-order valence-electron chi connectivity index (χ1n) is 8.08. The van der Waals surface area contributed by atoms with Crippen molar-refractivity contribution in [2.24, 2.45) is 11.3 Å². The highest BCUT2D eigenvalue weighted by Crippen LogP contribution is 2.57. The van der Waals surface area contributed by atoms with E-state index in [-0.39, 0.29) is 17.3 Å². The number of esters is 1. The monoisotopic (exact) mass is 318 g/mol. The van der Waals surface area contributed by atoms with Crippen LogP contribution in [0.3, 0.4) is 0 Å². The molecule has 0 saturated heterocycles. The molecule has 0 bridgehead atoms. The normalized spacial score (nSPS) is 32.6. The number of methoxy groups -OCH3 is 1. The molecule has 0 aromatic carbocycles. The van der Waals surface area contributed by atoms with Gasteiger partial charge in [0.15, 0.2) is 0 Å². The predicted molar refractivity (Wildman–Crippen MR) is 84.4 cm³/mol. The highest BCUT2D eigenvalue weighted by Gasteiger charge is 2.55. The fourth-order valence-electron chi connectivity index (χ4n) is 4.94. The van der Waals surface area contributed by atoms with E-state index in [2.05, 4.69) is 6.92 Å². The zero-order valence-corrected chi connectivity index (χ0v) is 13.8. The molecule has 1 aromatic rings. The molecule has 1 fully saturated rings. The average Bonchev–Trinajstić information content (AvgIpc) is 2.64. The molecule has 2 aliphatic rings. The Morgan fingerprint density at radius 2 is 1.91 bits per heavy atom. The van der Waals surface area contributed by atoms with Gasteiger partial charge >= 0.3 is 17.2 Å². The molecule has 1 saturated carbocycles. The van der Waals surface area contributed by atoms with Crippen LogP contribution in [0.25, 0.3) is 0 Å². The van der Waals surface area contributed by atoms with Crippen LogP contribution in [0.1, 0.15) is 50.7 Å². The molecule has 0 unspecified atom stereocenters. The number of rotatable bonds is 1. The van der Waals surface area contributed by atoms with Crippen molar-refractivity contribution in [1.82, 2.24) is 0 Å². The maximum absolute atomic E-state index is 12.4. The Bertz CT molecular complexity index is 765. The summed E-state index contributed by atoms with van der Waals surface area (Å²) in [4.78, 5) is 36.0. The summed E-state index contributed by atoms with van der Waals surface area (Å²) in [5, 5.41) is 0. The van der Waals surface area contributed by atoms with E-state index in [1.807, 2.05) is 6.92 Å². The molecule has 1 aromatic heterocycles. The Balaban J connectivity index is 2.21. The third-order valence-corrected chi connectivity index (χ3v) is 6.00. The van der Waals surface area contributed by atoms with E-state index in [9.17, 15) is 14.4 Å². The minimum absolute atomic E-state index is 0.0839. The fourth-order valence-corrected chi connectivity index (χ4v) is 4.94. The molecule has 0 radical (unpaired) electrons. The van der Waals surface area contributed by atoms with Crippen molar-refractivity contribution >= 4 is 5.97 Å². The molecule has 124 valence electrons. The van der Waals surface area contributed by atoms with Crippen molar-refractivity contribution in [3.63, 3.8) is 0 Å². The van der Waals surface area contributed by atoms with Crippen molar-refractivity contribution in [2.45, 2.75) is 51.4 Å². The number of fused-ring (bicyclic) bond motifs is 3. The lowest BCUT2D eigenvalue weighted by atomic mass is 9.50. The Kier molecular flexibility index (Phi) is 3.69. The molecule has 1 heterocycles. The lowest BCUT2D eigenvalue weighted by Gasteiger charge is -2.53. The summed E-state index contributed by atoms with van der Waals surface area (Å²) in [5.74, 6) is -0.102. The first-order valence-corrected chi connectivity index (χ1v) is 8.08. The molecule has 3 rings (SSSR count). The number of carbonyl (C=O) groups is 1. The second-order valence-electron chi connectivity index (χ2n) is 7.24. The van der Waals surface area contributed by atoms with Crippen LogP contribution in [0.5, 0.6) is 0 Å². The van der Waals surface area contributed by atoms with Gasteiger partial charge in [-0.3, -0.25) is 4.79 Å². The summed E-state index contributed by atoms with van der Waals surface area (Å²) < 4.78 is 9.79. The summed E-state index contributed by atoms with van der Waals surface area (Å²) in [6.45, 7) is 4.07. The summed E-state index contributed by atoms with van der Waals surface area (Å²) in [6.07, 6.45) is 4.02. The molecule has 0 aliphatic heterocycles. The van der Waals surface area contributed by atoms with Gasteiger partial charge in [-0.1, -0.05) is 13.3 Å². The maximum Gasteiger partial charge on any atom is 0.338 e. The standard InChI is InChI=1S/C18H22O5/c1-17-7-4-8-18(2,16(21)22-3)13(17)6-5-11-9-14(19)23-15(20)10-12(11)17/h9-10,13H,4-8H2,1-3H3/t13-,17-,18+/m1/s1. The van der Waals surface area contributed by atoms with Gasteiger partial charge in [0.1, 0.15) is 0 Å². The van der Waals surface area contributed by atoms with E-state index < -0.39 is 16.7 Å². The topological polar surface area (TPSA) is 73.6 Å². The molecular formula is C18H22O5. The van der Waals surface area contributed by atoms with Crippen LogP contribution < -0.4 is 11.3 Å². The van der Waals surface area contributed by atoms with Crippen molar-refractivity contribution in [3.8, 4) is 0 Å². The van der Waals surface area contributed by atoms with Crippen molar-refractivity contribution < 1.29 is 13.9 Å². The van der Waals surface area contributed by atoms with E-state index in [1.165, 1.54) is 19.2 Å². The largest absolute Gasteiger partial charge is 0.469 e. The summed E-state index contributed by atoms with van der Waals surface area (Å²) >= 11 is 0. The lowest BCUT2D eigenvalue weighted by Crippen LogP contribution is -2.52. The van der Waals surface area contributed by atoms with Crippen molar-refractivity contribution in [2.75, 3.05) is 7.11 Å². The van der Waals surface area contributed by atoms with Gasteiger partial charge in [0.25, 0.3) is 0 Å². The molecule has 5 nitrogen and oxygen atoms in total. The summed E-state index contributed by atoms with van der Waals surface area (Å²) in [5.41, 5.74) is -0.384. The number of ether oxygens (including phenoxy) is 1. The number of carbonyl (C=O) groups excluding carboxylic acids is 1. The van der Waals surface area contributed by atoms with Crippen LogP contribution in [0.4, 0.5) is 0 Å². The Labute approximate surface area is 134 Å². The highest BCUT2D eigenvalue weighted by molar-refractivity contribution is 5.77. The van der Waals surface area contributed by atoms with Gasteiger partial charge in [0, 0.05) is 12.1 Å². The summed E-state index contributed by atoms with van der Waals surface area (Å²) in [6, 6.07) is 2.88. The smallest absolute Gasteiger partial charge is 0.338 e. The molecule has 0 N–H and O–H groups in total. The second-order valence-corrected chi connectivity index (χ2v) is 7.24. The first kappa shape index (κ1) is 16.0. The molecule has 2 aliphatic carbocycles. The number of hydrogen-bond acceptors (Lipinski definition) is 5. The lowest BCUT2D eigenvalue weighted by molar-refractivity contribution is -0.161. The fraction of sp³-hybridized carbons (Fsp3) is 0.611. The van der Waals surface area contributed by atoms with Crippen molar-refractivity contribution in [3.05, 3.63) is 44.1 Å². The van der Waals surface area contributed by atoms with Gasteiger partial charge in [-0.2, -0.15) is 0 Å². The van der Waals surface area contributed by atoms with Gasteiger partial charge in [0.05, 0.1) is 12.5 Å². The molecular weight excluding hydrogens is 296 g/mol. The molecule has 3 atom stereocenters. The maximum atomic E-state index is 12.4. The molecule has 0 spiro atoms. The van der Waals surface area contributed by atoms with Crippen LogP contribution in [0, 0.1) is 11.3 Å². The third kappa shape index (κ3) is 2.33. The highest BCUT2D eigenvalue weighted by atomic mass is 16.5. The predicted octanol–water partition coefficient (Wildman–Crippen LogP) is 2.18. The number of aryl methyl sites for hydroxylation is 1. The van der Waals surface area contributed by atoms with Crippen LogP contribution in [-0.4, -0.2) is 13.1 Å². The van der Waals surface area contributed by atoms with Gasteiger partial charge in [-0.05, 0) is 55.1 Å². The van der Waals surface area contributed by atoms with Gasteiger partial charge in [0.2, 0.25) is 0 Å². The van der Waals surface area contributed by atoms with E-state index in [0.717, 1.165) is 36.8 Å². The van der Waals surface area contributed by atoms with Gasteiger partial charge < -0.3 is 9.15 Å². The first-order chi connectivity index (χ1) is 10.8. The van der Waals surface area contributed by atoms with Crippen LogP contribution in [0.15, 0.2) is 26.1 Å². The third-order valence-electron chi connectivity index (χ3n) is 6.00. The Hall–Kier alpha value is -1.91. The zero-order valence-electron chi connectivity index (χ0n) is 13.8. The van der Waals surface area contributed by atoms with E-state index in [1.54, 1.807) is 0 Å². The second kappa shape index (κ2) is 5.32. The van der Waals surface area contributed by atoms with Crippen LogP contribution in [-0.2, 0) is 21.4 Å². The zero-order chi connectivity index (χ0) is 16.8. The quantitative estimate of drug-likeness (QED) is 0.742. The van der Waals surface area contributed by atoms with Crippen LogP contribution >= 0.6 is 0 Å². The van der Waals surface area contributed by atoms with E-state index in [4.69, 9.17) is 9.15 Å². The van der Waals surface area contributed by atoms with Crippen LogP contribution in [0.2, 0.25) is 0 Å². The SMILES string of the molecule is COC(=O)[C@@]1(C)CCC[C@]2(C)c3cc(=O)oc(=O)cc3CC[C@@H]12. The summed E-state index contributed by atoms with van der Waals surface area (Å²) in [7, 11) is 1.43. The van der Waals surface area contributed by atoms with Gasteiger partial charge in [-0.15, -0.1) is 0 Å². The molecule has 23 heavy (non-hydrogen) atoms. The van der Waals surface area contributed by atoms with E-state index in [0.29, 0.717) is 6.42 Å². The van der Waals surface area contributed by atoms with Crippen molar-refractivity contribution in [1.29, 1.82) is 0 Å². The minimum Gasteiger partial charge on any atom is -0.469 e. The molecule has 5 heteroatoms. The Morgan fingerprint density at radius 1 is 1.22 bits per heavy atom. The molecule has 0 amide bonds. The minimum atomic E-state index is -0.622. The Morgan fingerprint density at radius 3 is 2.61 bits per heavy atom.